The third kappa shape index (κ3) is 2.33. The fraction of sp³-hybridized carbons (Fsp3) is 0.250. The molecular formula is C12H15N3S. The maximum atomic E-state index is 5.71. The van der Waals surface area contributed by atoms with Gasteiger partial charge in [0, 0.05) is 6.54 Å². The Kier molecular flexibility index (Phi) is 3.10. The minimum atomic E-state index is 0.734. The predicted octanol–water partition coefficient (Wildman–Crippen LogP) is 2.95. The zero-order chi connectivity index (χ0) is 11.5. The molecule has 0 aliphatic heterocycles. The fourth-order valence-electron chi connectivity index (χ4n) is 1.42. The van der Waals surface area contributed by atoms with Crippen molar-refractivity contribution in [1.29, 1.82) is 0 Å². The van der Waals surface area contributed by atoms with E-state index in [-0.39, 0.29) is 0 Å². The van der Waals surface area contributed by atoms with Crippen LogP contribution in [-0.2, 0) is 6.54 Å². The number of aromatic nitrogens is 1. The lowest BCUT2D eigenvalue weighted by Crippen LogP contribution is -2.03. The van der Waals surface area contributed by atoms with E-state index in [9.17, 15) is 0 Å². The summed E-state index contributed by atoms with van der Waals surface area (Å²) in [4.78, 5) is 4.37. The number of aryl methyl sites for hydroxylation is 2. The number of hydrogen-bond donors (Lipinski definition) is 2. The fourth-order valence-corrected chi connectivity index (χ4v) is 2.28. The van der Waals surface area contributed by atoms with Crippen LogP contribution in [0.3, 0.4) is 0 Å². The van der Waals surface area contributed by atoms with E-state index >= 15 is 0 Å². The van der Waals surface area contributed by atoms with Crippen molar-refractivity contribution in [3.8, 4) is 0 Å². The summed E-state index contributed by atoms with van der Waals surface area (Å²) in [6.07, 6.45) is 0. The molecular weight excluding hydrogens is 218 g/mol. The van der Waals surface area contributed by atoms with Gasteiger partial charge in [0.05, 0.1) is 11.4 Å². The second-order valence-corrected chi connectivity index (χ2v) is 4.55. The van der Waals surface area contributed by atoms with Crippen LogP contribution < -0.4 is 11.1 Å². The van der Waals surface area contributed by atoms with E-state index in [0.29, 0.717) is 0 Å². The van der Waals surface area contributed by atoms with E-state index in [1.165, 1.54) is 11.1 Å². The van der Waals surface area contributed by atoms with Gasteiger partial charge in [-0.15, -0.1) is 0 Å². The minimum absolute atomic E-state index is 0.734. The lowest BCUT2D eigenvalue weighted by Gasteiger charge is -2.07. The standard InChI is InChI=1S/C12H15N3S/c1-8-6-16-7-10(8)5-14-12-4-3-11(13)9(2)15-12/h3-4,6-7H,5,13H2,1-2H3,(H,14,15). The topological polar surface area (TPSA) is 50.9 Å². The smallest absolute Gasteiger partial charge is 0.126 e. The molecule has 0 aromatic carbocycles. The Labute approximate surface area is 99.3 Å². The van der Waals surface area contributed by atoms with Crippen LogP contribution in [0.25, 0.3) is 0 Å². The minimum Gasteiger partial charge on any atom is -0.397 e. The molecule has 0 aliphatic rings. The lowest BCUT2D eigenvalue weighted by molar-refractivity contribution is 1.09. The molecule has 2 heterocycles. The second kappa shape index (κ2) is 4.53. The zero-order valence-corrected chi connectivity index (χ0v) is 10.3. The number of nitrogens with two attached hydrogens (primary N) is 1. The Hall–Kier alpha value is -1.55. The van der Waals surface area contributed by atoms with Crippen molar-refractivity contribution in [3.63, 3.8) is 0 Å². The van der Waals surface area contributed by atoms with Gasteiger partial charge in [0.2, 0.25) is 0 Å². The predicted molar refractivity (Wildman–Crippen MR) is 69.8 cm³/mol. The van der Waals surface area contributed by atoms with E-state index in [1.807, 2.05) is 19.1 Å². The quantitative estimate of drug-likeness (QED) is 0.857. The van der Waals surface area contributed by atoms with Crippen molar-refractivity contribution < 1.29 is 0 Å². The highest BCUT2D eigenvalue weighted by Gasteiger charge is 2.01. The molecule has 2 aromatic rings. The molecule has 84 valence electrons. The van der Waals surface area contributed by atoms with Gasteiger partial charge in [0.25, 0.3) is 0 Å². The average molecular weight is 233 g/mol. The summed E-state index contributed by atoms with van der Waals surface area (Å²) in [5.74, 6) is 0.873. The van der Waals surface area contributed by atoms with E-state index < -0.39 is 0 Å². The summed E-state index contributed by atoms with van der Waals surface area (Å²) in [5, 5.41) is 7.61. The van der Waals surface area contributed by atoms with E-state index in [0.717, 1.165) is 23.7 Å². The molecule has 2 aromatic heterocycles. The number of nitrogens with one attached hydrogen (secondary N) is 1. The third-order valence-electron chi connectivity index (χ3n) is 2.55. The van der Waals surface area contributed by atoms with Crippen LogP contribution in [0.4, 0.5) is 11.5 Å². The number of pyridine rings is 1. The number of thiophene rings is 1. The Morgan fingerprint density at radius 3 is 2.75 bits per heavy atom. The Bertz CT molecular complexity index is 491. The van der Waals surface area contributed by atoms with Crippen molar-refractivity contribution >= 4 is 22.8 Å². The molecule has 0 fully saturated rings. The molecule has 2 rings (SSSR count). The van der Waals surface area contributed by atoms with Gasteiger partial charge in [-0.3, -0.25) is 0 Å². The number of rotatable bonds is 3. The summed E-state index contributed by atoms with van der Waals surface area (Å²) >= 11 is 1.73. The number of hydrogen-bond acceptors (Lipinski definition) is 4. The van der Waals surface area contributed by atoms with Crippen molar-refractivity contribution in [2.45, 2.75) is 20.4 Å². The average Bonchev–Trinajstić information content (AvgIpc) is 2.66. The molecule has 0 saturated heterocycles. The molecule has 4 heteroatoms. The summed E-state index contributed by atoms with van der Waals surface area (Å²) in [6.45, 7) is 4.84. The summed E-state index contributed by atoms with van der Waals surface area (Å²) in [7, 11) is 0. The molecule has 0 aliphatic carbocycles. The first-order chi connectivity index (χ1) is 7.66. The maximum Gasteiger partial charge on any atom is 0.126 e. The highest BCUT2D eigenvalue weighted by atomic mass is 32.1. The van der Waals surface area contributed by atoms with E-state index in [1.54, 1.807) is 11.3 Å². The Balaban J connectivity index is 2.05. The Morgan fingerprint density at radius 2 is 2.12 bits per heavy atom. The number of nitrogens with zero attached hydrogens (tertiary/aromatic N) is 1. The van der Waals surface area contributed by atoms with Crippen molar-refractivity contribution in [1.82, 2.24) is 4.98 Å². The third-order valence-corrected chi connectivity index (χ3v) is 3.46. The molecule has 3 N–H and O–H groups in total. The molecule has 0 radical (unpaired) electrons. The van der Waals surface area contributed by atoms with Crippen LogP contribution in [0.5, 0.6) is 0 Å². The van der Waals surface area contributed by atoms with Crippen LogP contribution in [-0.4, -0.2) is 4.98 Å². The first-order valence-corrected chi connectivity index (χ1v) is 6.10. The Morgan fingerprint density at radius 1 is 1.31 bits per heavy atom. The zero-order valence-electron chi connectivity index (χ0n) is 9.45. The van der Waals surface area contributed by atoms with Gasteiger partial charge >= 0.3 is 0 Å². The normalized spacial score (nSPS) is 10.4. The summed E-state index contributed by atoms with van der Waals surface area (Å²) in [6, 6.07) is 3.79. The van der Waals surface area contributed by atoms with Crippen LogP contribution >= 0.6 is 11.3 Å². The molecule has 0 amide bonds. The van der Waals surface area contributed by atoms with Gasteiger partial charge in [-0.05, 0) is 47.9 Å². The van der Waals surface area contributed by atoms with Gasteiger partial charge in [-0.25, -0.2) is 4.98 Å². The van der Waals surface area contributed by atoms with Gasteiger partial charge in [0.1, 0.15) is 5.82 Å². The van der Waals surface area contributed by atoms with E-state index in [2.05, 4.69) is 28.0 Å². The maximum absolute atomic E-state index is 5.71. The number of anilines is 2. The highest BCUT2D eigenvalue weighted by Crippen LogP contribution is 2.16. The number of nitrogen functional groups attached to an aromatic ring is 1. The van der Waals surface area contributed by atoms with Gasteiger partial charge in [0.15, 0.2) is 0 Å². The molecule has 0 saturated carbocycles. The van der Waals surface area contributed by atoms with Crippen LogP contribution in [0.2, 0.25) is 0 Å². The van der Waals surface area contributed by atoms with Crippen molar-refractivity contribution in [2.24, 2.45) is 0 Å². The first-order valence-electron chi connectivity index (χ1n) is 5.15. The van der Waals surface area contributed by atoms with Gasteiger partial charge < -0.3 is 11.1 Å². The van der Waals surface area contributed by atoms with Crippen molar-refractivity contribution in [3.05, 3.63) is 39.7 Å². The summed E-state index contributed by atoms with van der Waals surface area (Å²) < 4.78 is 0. The second-order valence-electron chi connectivity index (χ2n) is 3.80. The molecule has 0 spiro atoms. The lowest BCUT2D eigenvalue weighted by atomic mass is 10.2. The molecule has 0 bridgehead atoms. The van der Waals surface area contributed by atoms with Gasteiger partial charge in [-0.1, -0.05) is 0 Å². The van der Waals surface area contributed by atoms with Gasteiger partial charge in [-0.2, -0.15) is 11.3 Å². The highest BCUT2D eigenvalue weighted by molar-refractivity contribution is 7.08. The SMILES string of the molecule is Cc1cscc1CNc1ccc(N)c(C)n1. The molecule has 0 unspecified atom stereocenters. The monoisotopic (exact) mass is 233 g/mol. The molecule has 3 nitrogen and oxygen atoms in total. The summed E-state index contributed by atoms with van der Waals surface area (Å²) in [5.41, 5.74) is 9.96. The van der Waals surface area contributed by atoms with E-state index in [4.69, 9.17) is 5.73 Å². The molecule has 16 heavy (non-hydrogen) atoms. The van der Waals surface area contributed by atoms with Crippen LogP contribution in [0, 0.1) is 13.8 Å². The molecule has 0 atom stereocenters. The first kappa shape index (κ1) is 11.0. The van der Waals surface area contributed by atoms with Crippen LogP contribution in [0.1, 0.15) is 16.8 Å². The largest absolute Gasteiger partial charge is 0.397 e. The van der Waals surface area contributed by atoms with Crippen LogP contribution in [0.15, 0.2) is 22.9 Å². The van der Waals surface area contributed by atoms with Crippen molar-refractivity contribution in [2.75, 3.05) is 11.1 Å².